The van der Waals surface area contributed by atoms with Crippen LogP contribution in [0.15, 0.2) is 73.2 Å². The van der Waals surface area contributed by atoms with Crippen molar-refractivity contribution in [3.8, 4) is 5.69 Å². The van der Waals surface area contributed by atoms with Crippen LogP contribution in [0.25, 0.3) is 16.6 Å². The van der Waals surface area contributed by atoms with Gasteiger partial charge in [-0.25, -0.2) is 4.39 Å². The van der Waals surface area contributed by atoms with E-state index in [9.17, 15) is 19.3 Å². The molecule has 4 rings (SSSR count). The van der Waals surface area contributed by atoms with Crippen molar-refractivity contribution in [3.05, 3.63) is 89.1 Å². The lowest BCUT2D eigenvalue weighted by Gasteiger charge is -2.11. The van der Waals surface area contributed by atoms with Gasteiger partial charge in [0.2, 0.25) is 5.91 Å². The third-order valence-corrected chi connectivity index (χ3v) is 4.41. The van der Waals surface area contributed by atoms with E-state index >= 15 is 0 Å². The van der Waals surface area contributed by atoms with Gasteiger partial charge in [0, 0.05) is 47.3 Å². The summed E-state index contributed by atoms with van der Waals surface area (Å²) in [6, 6.07) is 14.3. The summed E-state index contributed by atoms with van der Waals surface area (Å²) < 4.78 is 17.6. The molecule has 0 aliphatic heterocycles. The summed E-state index contributed by atoms with van der Waals surface area (Å²) in [7, 11) is 0. The number of rotatable bonds is 5. The minimum atomic E-state index is -0.530. The van der Waals surface area contributed by atoms with Gasteiger partial charge in [-0.2, -0.15) is 0 Å². The molecule has 1 amide bonds. The van der Waals surface area contributed by atoms with Crippen molar-refractivity contribution < 1.29 is 14.1 Å². The summed E-state index contributed by atoms with van der Waals surface area (Å²) in [6.45, 7) is -0.0471. The number of nitro benzene ring substituents is 1. The second kappa shape index (κ2) is 6.99. The molecule has 0 unspecified atom stereocenters. The fourth-order valence-electron chi connectivity index (χ4n) is 3.06. The lowest BCUT2D eigenvalue weighted by Crippen LogP contribution is -2.19. The summed E-state index contributed by atoms with van der Waals surface area (Å²) in [5, 5.41) is 14.1. The van der Waals surface area contributed by atoms with Crippen LogP contribution in [0.2, 0.25) is 0 Å². The van der Waals surface area contributed by atoms with Crippen LogP contribution in [-0.2, 0) is 11.3 Å². The Kier molecular flexibility index (Phi) is 4.36. The second-order valence-corrected chi connectivity index (χ2v) is 6.25. The van der Waals surface area contributed by atoms with Gasteiger partial charge in [-0.15, -0.1) is 0 Å². The van der Waals surface area contributed by atoms with Crippen LogP contribution in [0.4, 0.5) is 15.8 Å². The van der Waals surface area contributed by atoms with Crippen molar-refractivity contribution in [2.45, 2.75) is 6.54 Å². The molecule has 0 saturated carbocycles. The first kappa shape index (κ1) is 17.5. The van der Waals surface area contributed by atoms with Gasteiger partial charge in [-0.1, -0.05) is 0 Å². The standard InChI is InChI=1S/C20H15FN4O3/c21-17-5-3-15(23-8-1-2-9-23)12-18(17)22-20(26)13-24-10-7-14-11-16(25(27)28)4-6-19(14)24/h1-12H,13H2,(H,22,26). The summed E-state index contributed by atoms with van der Waals surface area (Å²) in [4.78, 5) is 22.8. The van der Waals surface area contributed by atoms with E-state index in [4.69, 9.17) is 0 Å². The zero-order valence-electron chi connectivity index (χ0n) is 14.6. The molecule has 0 fully saturated rings. The Bertz CT molecular complexity index is 1180. The SMILES string of the molecule is O=C(Cn1ccc2cc([N+](=O)[O-])ccc21)Nc1cc(-n2cccc2)ccc1F. The number of carbonyl (C=O) groups is 1. The molecule has 2 aromatic carbocycles. The highest BCUT2D eigenvalue weighted by atomic mass is 19.1. The molecule has 0 bridgehead atoms. The predicted molar refractivity (Wildman–Crippen MR) is 103 cm³/mol. The highest BCUT2D eigenvalue weighted by molar-refractivity contribution is 5.92. The summed E-state index contributed by atoms with van der Waals surface area (Å²) in [6.07, 6.45) is 5.31. The van der Waals surface area contributed by atoms with Crippen LogP contribution in [0.1, 0.15) is 0 Å². The number of carbonyl (C=O) groups excluding carboxylic acids is 1. The fourth-order valence-corrected chi connectivity index (χ4v) is 3.06. The first-order valence-electron chi connectivity index (χ1n) is 8.47. The van der Waals surface area contributed by atoms with E-state index in [0.29, 0.717) is 10.9 Å². The number of benzene rings is 2. The average molecular weight is 378 g/mol. The van der Waals surface area contributed by atoms with Crippen molar-refractivity contribution in [2.24, 2.45) is 0 Å². The maximum atomic E-state index is 14.1. The van der Waals surface area contributed by atoms with Crippen molar-refractivity contribution in [2.75, 3.05) is 5.32 Å². The molecular formula is C20H15FN4O3. The van der Waals surface area contributed by atoms with E-state index in [1.54, 1.807) is 39.6 Å². The predicted octanol–water partition coefficient (Wildman–Crippen LogP) is 4.12. The number of nitrogens with one attached hydrogen (secondary N) is 1. The Labute approximate surface area is 158 Å². The van der Waals surface area contributed by atoms with Gasteiger partial charge in [0.25, 0.3) is 5.69 Å². The Morgan fingerprint density at radius 3 is 2.61 bits per heavy atom. The number of anilines is 1. The first-order chi connectivity index (χ1) is 13.5. The van der Waals surface area contributed by atoms with Gasteiger partial charge in [0.05, 0.1) is 10.6 Å². The molecule has 28 heavy (non-hydrogen) atoms. The van der Waals surface area contributed by atoms with E-state index in [1.807, 2.05) is 24.5 Å². The first-order valence-corrected chi connectivity index (χ1v) is 8.47. The van der Waals surface area contributed by atoms with Gasteiger partial charge in [-0.05, 0) is 42.5 Å². The van der Waals surface area contributed by atoms with Crippen LogP contribution >= 0.6 is 0 Å². The molecule has 0 radical (unpaired) electrons. The molecule has 0 aliphatic rings. The van der Waals surface area contributed by atoms with Crippen LogP contribution in [0.3, 0.4) is 0 Å². The smallest absolute Gasteiger partial charge is 0.270 e. The number of hydrogen-bond donors (Lipinski definition) is 1. The van der Waals surface area contributed by atoms with Crippen molar-refractivity contribution in [1.29, 1.82) is 0 Å². The minimum absolute atomic E-state index is 0.0152. The topological polar surface area (TPSA) is 82.1 Å². The van der Waals surface area contributed by atoms with E-state index in [-0.39, 0.29) is 17.9 Å². The number of aromatic nitrogens is 2. The molecular weight excluding hydrogens is 363 g/mol. The van der Waals surface area contributed by atoms with Gasteiger partial charge < -0.3 is 14.5 Å². The third-order valence-electron chi connectivity index (χ3n) is 4.41. The zero-order chi connectivity index (χ0) is 19.7. The molecule has 7 nitrogen and oxygen atoms in total. The molecule has 0 spiro atoms. The number of amides is 1. The second-order valence-electron chi connectivity index (χ2n) is 6.25. The van der Waals surface area contributed by atoms with E-state index < -0.39 is 16.6 Å². The Balaban J connectivity index is 1.54. The number of halogens is 1. The molecule has 0 saturated heterocycles. The maximum absolute atomic E-state index is 14.1. The largest absolute Gasteiger partial charge is 0.338 e. The average Bonchev–Trinajstić information content (AvgIpc) is 3.33. The highest BCUT2D eigenvalue weighted by Crippen LogP contribution is 2.23. The fraction of sp³-hybridized carbons (Fsp3) is 0.0500. The Morgan fingerprint density at radius 2 is 1.86 bits per heavy atom. The summed E-state index contributed by atoms with van der Waals surface area (Å²) >= 11 is 0. The molecule has 0 aliphatic carbocycles. The number of non-ortho nitro benzene ring substituents is 1. The normalized spacial score (nSPS) is 10.9. The van der Waals surface area contributed by atoms with Crippen LogP contribution in [0, 0.1) is 15.9 Å². The Morgan fingerprint density at radius 1 is 1.07 bits per heavy atom. The van der Waals surface area contributed by atoms with Gasteiger partial charge in [0.1, 0.15) is 12.4 Å². The molecule has 4 aromatic rings. The van der Waals surface area contributed by atoms with Gasteiger partial charge in [0.15, 0.2) is 0 Å². The number of nitro groups is 1. The van der Waals surface area contributed by atoms with Crippen molar-refractivity contribution in [3.63, 3.8) is 0 Å². The monoisotopic (exact) mass is 378 g/mol. The quantitative estimate of drug-likeness (QED) is 0.419. The summed E-state index contributed by atoms with van der Waals surface area (Å²) in [5.41, 5.74) is 1.48. The Hall–Kier alpha value is -3.94. The number of fused-ring (bicyclic) bond motifs is 1. The lowest BCUT2D eigenvalue weighted by molar-refractivity contribution is -0.384. The summed E-state index contributed by atoms with van der Waals surface area (Å²) in [5.74, 6) is -0.934. The van der Waals surface area contributed by atoms with Crippen LogP contribution in [0.5, 0.6) is 0 Å². The number of hydrogen-bond acceptors (Lipinski definition) is 3. The van der Waals surface area contributed by atoms with Crippen LogP contribution in [-0.4, -0.2) is 20.0 Å². The molecule has 0 atom stereocenters. The van der Waals surface area contributed by atoms with Gasteiger partial charge >= 0.3 is 0 Å². The van der Waals surface area contributed by atoms with Crippen molar-refractivity contribution >= 4 is 28.2 Å². The zero-order valence-corrected chi connectivity index (χ0v) is 14.6. The molecule has 8 heteroatoms. The molecule has 140 valence electrons. The van der Waals surface area contributed by atoms with E-state index in [0.717, 1.165) is 5.69 Å². The third kappa shape index (κ3) is 3.35. The number of nitrogens with zero attached hydrogens (tertiary/aromatic N) is 3. The van der Waals surface area contributed by atoms with Gasteiger partial charge in [-0.3, -0.25) is 14.9 Å². The highest BCUT2D eigenvalue weighted by Gasteiger charge is 2.13. The molecule has 2 heterocycles. The van der Waals surface area contributed by atoms with E-state index in [2.05, 4.69) is 5.32 Å². The van der Waals surface area contributed by atoms with Crippen molar-refractivity contribution in [1.82, 2.24) is 9.13 Å². The molecule has 2 aromatic heterocycles. The molecule has 1 N–H and O–H groups in total. The van der Waals surface area contributed by atoms with E-state index in [1.165, 1.54) is 18.2 Å². The maximum Gasteiger partial charge on any atom is 0.270 e. The minimum Gasteiger partial charge on any atom is -0.338 e. The van der Waals surface area contributed by atoms with Crippen LogP contribution < -0.4 is 5.32 Å². The lowest BCUT2D eigenvalue weighted by atomic mass is 10.2.